The second-order valence-corrected chi connectivity index (χ2v) is 6.82. The van der Waals surface area contributed by atoms with Crippen molar-refractivity contribution >= 4 is 11.7 Å². The molecule has 2 fully saturated rings. The quantitative estimate of drug-likeness (QED) is 0.714. The summed E-state index contributed by atoms with van der Waals surface area (Å²) in [5.74, 6) is 1.37. The van der Waals surface area contributed by atoms with E-state index in [9.17, 15) is 4.79 Å². The van der Waals surface area contributed by atoms with Crippen LogP contribution in [0, 0.1) is 0 Å². The van der Waals surface area contributed by atoms with Crippen molar-refractivity contribution in [3.8, 4) is 11.9 Å². The number of carbonyl (C=O) groups is 1. The molecule has 0 saturated carbocycles. The Balaban J connectivity index is 1.65. The highest BCUT2D eigenvalue weighted by Crippen LogP contribution is 2.34. The molecule has 0 bridgehead atoms. The zero-order valence-corrected chi connectivity index (χ0v) is 16.3. The number of aromatic nitrogens is 2. The number of carbonyl (C=O) groups excluding carboxylic acids is 1. The lowest BCUT2D eigenvalue weighted by Crippen LogP contribution is -2.47. The third-order valence-electron chi connectivity index (χ3n) is 5.22. The number of rotatable bonds is 6. The minimum absolute atomic E-state index is 0.142. The Kier molecular flexibility index (Phi) is 6.33. The SMILES string of the molecule is COCCN1CCOC2(CCN(c3cc(OC)nc(OC)n3)CC2)CC1=O. The molecule has 3 heterocycles. The van der Waals surface area contributed by atoms with Crippen LogP contribution in [0.15, 0.2) is 6.07 Å². The summed E-state index contributed by atoms with van der Waals surface area (Å²) in [5, 5.41) is 0. The van der Waals surface area contributed by atoms with E-state index < -0.39 is 5.60 Å². The number of hydrogen-bond donors (Lipinski definition) is 0. The Morgan fingerprint density at radius 3 is 2.59 bits per heavy atom. The maximum absolute atomic E-state index is 12.6. The molecule has 1 aromatic heterocycles. The van der Waals surface area contributed by atoms with E-state index in [0.717, 1.165) is 31.7 Å². The molecule has 0 atom stereocenters. The highest BCUT2D eigenvalue weighted by molar-refractivity contribution is 5.77. The summed E-state index contributed by atoms with van der Waals surface area (Å²) >= 11 is 0. The van der Waals surface area contributed by atoms with Crippen LogP contribution in [0.4, 0.5) is 5.82 Å². The normalized spacial score (nSPS) is 19.9. The largest absolute Gasteiger partial charge is 0.481 e. The standard InChI is InChI=1S/C18H28N4O5/c1-24-10-8-22-9-11-27-18(13-16(22)23)4-6-21(7-5-18)14-12-15(25-2)20-17(19-14)26-3/h12H,4-11,13H2,1-3H3. The molecule has 9 nitrogen and oxygen atoms in total. The molecule has 2 aliphatic heterocycles. The Hall–Kier alpha value is -2.13. The van der Waals surface area contributed by atoms with Crippen molar-refractivity contribution < 1.29 is 23.7 Å². The molecule has 3 rings (SSSR count). The van der Waals surface area contributed by atoms with E-state index in [2.05, 4.69) is 14.9 Å². The molecule has 0 aliphatic carbocycles. The van der Waals surface area contributed by atoms with E-state index in [1.165, 1.54) is 7.11 Å². The van der Waals surface area contributed by atoms with E-state index in [4.69, 9.17) is 18.9 Å². The summed E-state index contributed by atoms with van der Waals surface area (Å²) < 4.78 is 21.7. The Morgan fingerprint density at radius 1 is 1.15 bits per heavy atom. The van der Waals surface area contributed by atoms with Gasteiger partial charge < -0.3 is 28.7 Å². The molecule has 1 spiro atoms. The molecular formula is C18H28N4O5. The first-order valence-electron chi connectivity index (χ1n) is 9.22. The molecule has 0 radical (unpaired) electrons. The van der Waals surface area contributed by atoms with Gasteiger partial charge in [0.1, 0.15) is 5.82 Å². The van der Waals surface area contributed by atoms with Crippen molar-refractivity contribution in [1.82, 2.24) is 14.9 Å². The predicted molar refractivity (Wildman–Crippen MR) is 98.3 cm³/mol. The highest BCUT2D eigenvalue weighted by atomic mass is 16.5. The Bertz CT molecular complexity index is 626. The molecular weight excluding hydrogens is 352 g/mol. The number of hydrogen-bond acceptors (Lipinski definition) is 8. The first kappa shape index (κ1) is 19.6. The van der Waals surface area contributed by atoms with Crippen LogP contribution in [0.3, 0.4) is 0 Å². The van der Waals surface area contributed by atoms with Gasteiger partial charge >= 0.3 is 6.01 Å². The van der Waals surface area contributed by atoms with Gasteiger partial charge in [-0.25, -0.2) is 0 Å². The highest BCUT2D eigenvalue weighted by Gasteiger charge is 2.41. The first-order chi connectivity index (χ1) is 13.1. The Labute approximate surface area is 159 Å². The van der Waals surface area contributed by atoms with Crippen molar-refractivity contribution in [2.75, 3.05) is 65.6 Å². The minimum Gasteiger partial charge on any atom is -0.481 e. The van der Waals surface area contributed by atoms with Gasteiger partial charge in [0.2, 0.25) is 11.8 Å². The second-order valence-electron chi connectivity index (χ2n) is 6.82. The van der Waals surface area contributed by atoms with Crippen LogP contribution < -0.4 is 14.4 Å². The number of piperidine rings is 1. The van der Waals surface area contributed by atoms with Gasteiger partial charge in [0.05, 0.1) is 39.5 Å². The number of ether oxygens (including phenoxy) is 4. The molecule has 27 heavy (non-hydrogen) atoms. The topological polar surface area (TPSA) is 86.2 Å². The Morgan fingerprint density at radius 2 is 1.93 bits per heavy atom. The summed E-state index contributed by atoms with van der Waals surface area (Å²) in [6.07, 6.45) is 1.96. The van der Waals surface area contributed by atoms with E-state index >= 15 is 0 Å². The fourth-order valence-corrected chi connectivity index (χ4v) is 3.59. The third-order valence-corrected chi connectivity index (χ3v) is 5.22. The van der Waals surface area contributed by atoms with Gasteiger partial charge in [-0.05, 0) is 12.8 Å². The van der Waals surface area contributed by atoms with Crippen LogP contribution in [0.5, 0.6) is 11.9 Å². The average molecular weight is 380 g/mol. The molecule has 1 amide bonds. The number of anilines is 1. The van der Waals surface area contributed by atoms with Crippen LogP contribution >= 0.6 is 0 Å². The van der Waals surface area contributed by atoms with Crippen LogP contribution in [0.2, 0.25) is 0 Å². The number of nitrogens with zero attached hydrogens (tertiary/aromatic N) is 4. The molecule has 2 aliphatic rings. The molecule has 0 N–H and O–H groups in total. The minimum atomic E-state index is -0.392. The van der Waals surface area contributed by atoms with Gasteiger partial charge in [-0.3, -0.25) is 4.79 Å². The van der Waals surface area contributed by atoms with Gasteiger partial charge in [-0.15, -0.1) is 0 Å². The van der Waals surface area contributed by atoms with Crippen molar-refractivity contribution in [3.05, 3.63) is 6.07 Å². The van der Waals surface area contributed by atoms with Gasteiger partial charge in [0.15, 0.2) is 0 Å². The monoisotopic (exact) mass is 380 g/mol. The average Bonchev–Trinajstić information content (AvgIpc) is 2.84. The second kappa shape index (κ2) is 8.71. The fraction of sp³-hybridized carbons (Fsp3) is 0.722. The smallest absolute Gasteiger partial charge is 0.321 e. The summed E-state index contributed by atoms with van der Waals surface area (Å²) in [5.41, 5.74) is -0.392. The number of amides is 1. The zero-order valence-electron chi connectivity index (χ0n) is 16.3. The molecule has 150 valence electrons. The zero-order chi connectivity index (χ0) is 19.3. The molecule has 2 saturated heterocycles. The van der Waals surface area contributed by atoms with Crippen LogP contribution in [-0.2, 0) is 14.3 Å². The van der Waals surface area contributed by atoms with Gasteiger partial charge in [-0.1, -0.05) is 0 Å². The summed E-state index contributed by atoms with van der Waals surface area (Å²) in [7, 11) is 4.74. The van der Waals surface area contributed by atoms with Crippen LogP contribution in [0.1, 0.15) is 19.3 Å². The predicted octanol–water partition coefficient (Wildman–Crippen LogP) is 0.728. The maximum Gasteiger partial charge on any atom is 0.321 e. The third kappa shape index (κ3) is 4.59. The van der Waals surface area contributed by atoms with Crippen molar-refractivity contribution in [3.63, 3.8) is 0 Å². The van der Waals surface area contributed by atoms with Crippen LogP contribution in [0.25, 0.3) is 0 Å². The van der Waals surface area contributed by atoms with Crippen molar-refractivity contribution in [1.29, 1.82) is 0 Å². The lowest BCUT2D eigenvalue weighted by molar-refractivity contribution is -0.134. The first-order valence-corrected chi connectivity index (χ1v) is 9.22. The molecule has 9 heteroatoms. The van der Waals surface area contributed by atoms with Gasteiger partial charge in [0, 0.05) is 39.4 Å². The van der Waals surface area contributed by atoms with Crippen molar-refractivity contribution in [2.24, 2.45) is 0 Å². The van der Waals surface area contributed by atoms with Crippen LogP contribution in [-0.4, -0.2) is 87.1 Å². The molecule has 0 aromatic carbocycles. The molecule has 1 aromatic rings. The van der Waals surface area contributed by atoms with E-state index in [1.807, 2.05) is 4.90 Å². The van der Waals surface area contributed by atoms with E-state index in [1.54, 1.807) is 20.3 Å². The van der Waals surface area contributed by atoms with E-state index in [-0.39, 0.29) is 11.9 Å². The van der Waals surface area contributed by atoms with Gasteiger partial charge in [0.25, 0.3) is 0 Å². The fourth-order valence-electron chi connectivity index (χ4n) is 3.59. The van der Waals surface area contributed by atoms with Gasteiger partial charge in [-0.2, -0.15) is 9.97 Å². The summed E-state index contributed by atoms with van der Waals surface area (Å²) in [4.78, 5) is 25.2. The van der Waals surface area contributed by atoms with Crippen molar-refractivity contribution in [2.45, 2.75) is 24.9 Å². The maximum atomic E-state index is 12.6. The number of methoxy groups -OCH3 is 3. The summed E-state index contributed by atoms with van der Waals surface area (Å²) in [6.45, 7) is 3.83. The van der Waals surface area contributed by atoms with E-state index in [0.29, 0.717) is 38.6 Å². The lowest BCUT2D eigenvalue weighted by atomic mass is 9.87. The summed E-state index contributed by atoms with van der Waals surface area (Å²) in [6, 6.07) is 2.07. The lowest BCUT2D eigenvalue weighted by Gasteiger charge is -2.40. The molecule has 0 unspecified atom stereocenters.